The Hall–Kier alpha value is -0.130. The van der Waals surface area contributed by atoms with E-state index in [1.165, 1.54) is 9.75 Å². The summed E-state index contributed by atoms with van der Waals surface area (Å²) in [5.41, 5.74) is 5.93. The summed E-state index contributed by atoms with van der Waals surface area (Å²) in [6, 6.07) is 4.53. The standard InChI is InChI=1S/C14H24N2OS.ClH/c1-14(2,3)13-5-4-12(18-13)10-16-6-7-17-11(8-15)9-16;/h4-5,11H,6-10,15H2,1-3H3;1H. The molecule has 1 saturated heterocycles. The SMILES string of the molecule is CC(C)(C)c1ccc(CN2CCOC(CN)C2)s1.Cl. The molecule has 2 heterocycles. The lowest BCUT2D eigenvalue weighted by Gasteiger charge is -2.31. The number of hydrogen-bond acceptors (Lipinski definition) is 4. The molecule has 1 aliphatic rings. The molecule has 1 fully saturated rings. The van der Waals surface area contributed by atoms with E-state index in [0.29, 0.717) is 6.54 Å². The Balaban J connectivity index is 0.00000180. The van der Waals surface area contributed by atoms with Crippen LogP contribution < -0.4 is 5.73 Å². The predicted molar refractivity (Wildman–Crippen MR) is 84.3 cm³/mol. The summed E-state index contributed by atoms with van der Waals surface area (Å²) in [6.07, 6.45) is 0.209. The molecule has 3 nitrogen and oxygen atoms in total. The minimum atomic E-state index is 0. The molecule has 1 atom stereocenters. The molecule has 0 spiro atoms. The lowest BCUT2D eigenvalue weighted by molar-refractivity contribution is -0.0257. The molecule has 0 aliphatic carbocycles. The van der Waals surface area contributed by atoms with Gasteiger partial charge in [0.2, 0.25) is 0 Å². The van der Waals surface area contributed by atoms with Gasteiger partial charge in [0.1, 0.15) is 0 Å². The van der Waals surface area contributed by atoms with Gasteiger partial charge in [-0.15, -0.1) is 23.7 Å². The zero-order valence-electron chi connectivity index (χ0n) is 12.0. The molecule has 19 heavy (non-hydrogen) atoms. The van der Waals surface area contributed by atoms with Crippen LogP contribution >= 0.6 is 23.7 Å². The van der Waals surface area contributed by atoms with Gasteiger partial charge in [0, 0.05) is 35.9 Å². The van der Waals surface area contributed by atoms with E-state index in [1.807, 2.05) is 11.3 Å². The number of halogens is 1. The number of morpholine rings is 1. The summed E-state index contributed by atoms with van der Waals surface area (Å²) in [5, 5.41) is 0. The van der Waals surface area contributed by atoms with Gasteiger partial charge in [0.15, 0.2) is 0 Å². The van der Waals surface area contributed by atoms with Crippen LogP contribution in [0.1, 0.15) is 30.5 Å². The van der Waals surface area contributed by atoms with Gasteiger partial charge in [-0.25, -0.2) is 0 Å². The summed E-state index contributed by atoms with van der Waals surface area (Å²) < 4.78 is 5.59. The molecule has 0 saturated carbocycles. The smallest absolute Gasteiger partial charge is 0.0824 e. The van der Waals surface area contributed by atoms with E-state index in [0.717, 1.165) is 26.2 Å². The second kappa shape index (κ2) is 7.04. The molecular formula is C14H25ClN2OS. The fraction of sp³-hybridized carbons (Fsp3) is 0.714. The summed E-state index contributed by atoms with van der Waals surface area (Å²) >= 11 is 1.93. The fourth-order valence-corrected chi connectivity index (χ4v) is 3.26. The van der Waals surface area contributed by atoms with Gasteiger partial charge in [0.05, 0.1) is 12.7 Å². The van der Waals surface area contributed by atoms with Crippen LogP contribution in [0.25, 0.3) is 0 Å². The number of nitrogens with two attached hydrogens (primary N) is 1. The van der Waals surface area contributed by atoms with Crippen molar-refractivity contribution >= 4 is 23.7 Å². The molecule has 1 aliphatic heterocycles. The lowest BCUT2D eigenvalue weighted by atomic mass is 9.95. The van der Waals surface area contributed by atoms with Gasteiger partial charge in [-0.1, -0.05) is 20.8 Å². The van der Waals surface area contributed by atoms with Crippen molar-refractivity contribution in [2.45, 2.75) is 38.8 Å². The summed E-state index contributed by atoms with van der Waals surface area (Å²) in [4.78, 5) is 5.35. The van der Waals surface area contributed by atoms with Crippen LogP contribution in [0.5, 0.6) is 0 Å². The fourth-order valence-electron chi connectivity index (χ4n) is 2.15. The monoisotopic (exact) mass is 304 g/mol. The first-order valence-electron chi connectivity index (χ1n) is 6.62. The molecule has 0 radical (unpaired) electrons. The molecule has 2 N–H and O–H groups in total. The first-order chi connectivity index (χ1) is 8.49. The Morgan fingerprint density at radius 1 is 1.42 bits per heavy atom. The lowest BCUT2D eigenvalue weighted by Crippen LogP contribution is -2.44. The normalized spacial score (nSPS) is 21.2. The van der Waals surface area contributed by atoms with Crippen molar-refractivity contribution in [2.75, 3.05) is 26.2 Å². The van der Waals surface area contributed by atoms with Gasteiger partial charge in [-0.05, 0) is 17.5 Å². The van der Waals surface area contributed by atoms with Crippen LogP contribution in [0.2, 0.25) is 0 Å². The second-order valence-electron chi connectivity index (χ2n) is 5.98. The molecule has 110 valence electrons. The van der Waals surface area contributed by atoms with Crippen molar-refractivity contribution in [2.24, 2.45) is 5.73 Å². The molecule has 0 amide bonds. The van der Waals surface area contributed by atoms with Crippen molar-refractivity contribution in [3.63, 3.8) is 0 Å². The Morgan fingerprint density at radius 2 is 2.16 bits per heavy atom. The quantitative estimate of drug-likeness (QED) is 0.933. The third-order valence-corrected chi connectivity index (χ3v) is 4.76. The number of ether oxygens (including phenoxy) is 1. The van der Waals surface area contributed by atoms with E-state index < -0.39 is 0 Å². The van der Waals surface area contributed by atoms with E-state index in [-0.39, 0.29) is 23.9 Å². The van der Waals surface area contributed by atoms with Crippen LogP contribution in [-0.2, 0) is 16.7 Å². The van der Waals surface area contributed by atoms with E-state index in [1.54, 1.807) is 0 Å². The molecule has 1 aromatic heterocycles. The summed E-state index contributed by atoms with van der Waals surface area (Å²) in [7, 11) is 0. The Labute approximate surface area is 126 Å². The summed E-state index contributed by atoms with van der Waals surface area (Å²) in [6.45, 7) is 11.2. The van der Waals surface area contributed by atoms with Crippen LogP contribution in [0.15, 0.2) is 12.1 Å². The van der Waals surface area contributed by atoms with Gasteiger partial charge in [-0.2, -0.15) is 0 Å². The highest BCUT2D eigenvalue weighted by Crippen LogP contribution is 2.30. The van der Waals surface area contributed by atoms with Crippen LogP contribution in [0.3, 0.4) is 0 Å². The van der Waals surface area contributed by atoms with E-state index in [2.05, 4.69) is 37.8 Å². The maximum absolute atomic E-state index is 5.67. The number of nitrogens with zero attached hydrogens (tertiary/aromatic N) is 1. The van der Waals surface area contributed by atoms with Gasteiger partial charge >= 0.3 is 0 Å². The topological polar surface area (TPSA) is 38.5 Å². The minimum absolute atomic E-state index is 0. The Kier molecular flexibility index (Phi) is 6.27. The predicted octanol–water partition coefficient (Wildman–Crippen LogP) is 2.63. The van der Waals surface area contributed by atoms with E-state index >= 15 is 0 Å². The number of hydrogen-bond donors (Lipinski definition) is 1. The molecule has 2 rings (SSSR count). The minimum Gasteiger partial charge on any atom is -0.374 e. The second-order valence-corrected chi connectivity index (χ2v) is 7.15. The molecule has 1 unspecified atom stereocenters. The summed E-state index contributed by atoms with van der Waals surface area (Å²) in [5.74, 6) is 0. The molecule has 1 aromatic rings. The zero-order chi connectivity index (χ0) is 13.2. The van der Waals surface area contributed by atoms with Crippen molar-refractivity contribution < 1.29 is 4.74 Å². The average molecular weight is 305 g/mol. The van der Waals surface area contributed by atoms with Crippen molar-refractivity contribution in [1.82, 2.24) is 4.90 Å². The van der Waals surface area contributed by atoms with Crippen LogP contribution in [0.4, 0.5) is 0 Å². The van der Waals surface area contributed by atoms with Crippen molar-refractivity contribution in [1.29, 1.82) is 0 Å². The van der Waals surface area contributed by atoms with Crippen LogP contribution in [0, 0.1) is 0 Å². The average Bonchev–Trinajstić information content (AvgIpc) is 2.77. The molecule has 5 heteroatoms. The van der Waals surface area contributed by atoms with Crippen LogP contribution in [-0.4, -0.2) is 37.2 Å². The van der Waals surface area contributed by atoms with Gasteiger partial charge in [0.25, 0.3) is 0 Å². The highest BCUT2D eigenvalue weighted by molar-refractivity contribution is 7.12. The van der Waals surface area contributed by atoms with Gasteiger partial charge in [-0.3, -0.25) is 4.90 Å². The van der Waals surface area contributed by atoms with Crippen molar-refractivity contribution in [3.05, 3.63) is 21.9 Å². The van der Waals surface area contributed by atoms with E-state index in [4.69, 9.17) is 10.5 Å². The van der Waals surface area contributed by atoms with Crippen molar-refractivity contribution in [3.8, 4) is 0 Å². The molecule has 0 bridgehead atoms. The Bertz CT molecular complexity index is 389. The number of rotatable bonds is 3. The maximum Gasteiger partial charge on any atom is 0.0824 e. The van der Waals surface area contributed by atoms with E-state index in [9.17, 15) is 0 Å². The zero-order valence-corrected chi connectivity index (χ0v) is 13.6. The third-order valence-electron chi connectivity index (χ3n) is 3.27. The Morgan fingerprint density at radius 3 is 2.74 bits per heavy atom. The first kappa shape index (κ1) is 16.9. The largest absolute Gasteiger partial charge is 0.374 e. The highest BCUT2D eigenvalue weighted by atomic mass is 35.5. The highest BCUT2D eigenvalue weighted by Gasteiger charge is 2.21. The number of thiophene rings is 1. The van der Waals surface area contributed by atoms with Gasteiger partial charge < -0.3 is 10.5 Å². The third kappa shape index (κ3) is 4.72. The molecular weight excluding hydrogens is 280 g/mol. The maximum atomic E-state index is 5.67. The first-order valence-corrected chi connectivity index (χ1v) is 7.44. The molecule has 0 aromatic carbocycles.